The van der Waals surface area contributed by atoms with Gasteiger partial charge in [-0.25, -0.2) is 4.98 Å². The van der Waals surface area contributed by atoms with Gasteiger partial charge in [0.1, 0.15) is 5.69 Å². The molecule has 9 heteroatoms. The van der Waals surface area contributed by atoms with Crippen LogP contribution in [0.15, 0.2) is 61.2 Å². The third-order valence-corrected chi connectivity index (χ3v) is 6.43. The average Bonchev–Trinajstić information content (AvgIpc) is 3.55. The van der Waals surface area contributed by atoms with Gasteiger partial charge >= 0.3 is 0 Å². The molecule has 0 atom stereocenters. The van der Waals surface area contributed by atoms with E-state index in [4.69, 9.17) is 0 Å². The molecule has 6 rings (SSSR count). The molecule has 34 heavy (non-hydrogen) atoms. The molecular weight excluding hydrogens is 449 g/mol. The Kier molecular flexibility index (Phi) is 4.84. The van der Waals surface area contributed by atoms with Crippen molar-refractivity contribution in [3.05, 3.63) is 66.3 Å². The molecule has 7 nitrogen and oxygen atoms in total. The first kappa shape index (κ1) is 20.5. The van der Waals surface area contributed by atoms with E-state index in [0.717, 1.165) is 66.4 Å². The molecule has 0 bridgehead atoms. The Balaban J connectivity index is 1.45. The minimum atomic E-state index is -0.233. The monoisotopic (exact) mass is 469 g/mol. The molecule has 0 fully saturated rings. The van der Waals surface area contributed by atoms with Gasteiger partial charge in [0.15, 0.2) is 10.8 Å². The third-order valence-electron chi connectivity index (χ3n) is 5.55. The van der Waals surface area contributed by atoms with Crippen LogP contribution in [-0.4, -0.2) is 36.2 Å². The maximum absolute atomic E-state index is 13.6. The number of thiophene rings is 1. The normalized spacial score (nSPS) is 11.6. The van der Waals surface area contributed by atoms with Gasteiger partial charge in [0, 0.05) is 58.2 Å². The van der Waals surface area contributed by atoms with E-state index in [1.807, 2.05) is 30.7 Å². The zero-order valence-electron chi connectivity index (χ0n) is 18.4. The second-order valence-electron chi connectivity index (χ2n) is 8.36. The van der Waals surface area contributed by atoms with Crippen LogP contribution in [0.3, 0.4) is 0 Å². The van der Waals surface area contributed by atoms with Crippen molar-refractivity contribution in [3.63, 3.8) is 0 Å². The first-order chi connectivity index (χ1) is 16.5. The van der Waals surface area contributed by atoms with E-state index < -0.39 is 0 Å². The fourth-order valence-electron chi connectivity index (χ4n) is 4.10. The van der Waals surface area contributed by atoms with Gasteiger partial charge in [-0.2, -0.15) is 9.49 Å². The summed E-state index contributed by atoms with van der Waals surface area (Å²) in [6, 6.07) is 11.6. The first-order valence-electron chi connectivity index (χ1n) is 10.8. The molecule has 0 unspecified atom stereocenters. The van der Waals surface area contributed by atoms with Gasteiger partial charge in [-0.05, 0) is 50.2 Å². The lowest BCUT2D eigenvalue weighted by molar-refractivity contribution is 0.657. The standard InChI is InChI=1S/C25H20FN7S/c1-13(2)30-16-7-14(10-27-12-16)15-8-18-23(32-33-25(18)29-11-15)20-9-17-19(31-20)5-6-28-24(17)21-3-4-22(26)34-21/h3-13,30-31H,1-2H3,(H,29,32,33). The molecule has 0 spiro atoms. The third kappa shape index (κ3) is 3.60. The lowest BCUT2D eigenvalue weighted by Gasteiger charge is -2.10. The number of nitrogens with one attached hydrogen (secondary N) is 3. The molecule has 0 amide bonds. The molecule has 0 saturated carbocycles. The highest BCUT2D eigenvalue weighted by molar-refractivity contribution is 7.13. The number of halogens is 1. The van der Waals surface area contributed by atoms with Crippen molar-refractivity contribution in [1.29, 1.82) is 0 Å². The van der Waals surface area contributed by atoms with E-state index in [-0.39, 0.29) is 5.13 Å². The number of rotatable bonds is 5. The number of H-pyrrole nitrogens is 2. The molecule has 0 aromatic carbocycles. The summed E-state index contributed by atoms with van der Waals surface area (Å²) >= 11 is 1.08. The quantitative estimate of drug-likeness (QED) is 0.277. The number of hydrogen-bond acceptors (Lipinski definition) is 6. The minimum Gasteiger partial charge on any atom is -0.382 e. The number of aromatic nitrogens is 6. The van der Waals surface area contributed by atoms with Gasteiger partial charge in [0.2, 0.25) is 0 Å². The van der Waals surface area contributed by atoms with Gasteiger partial charge in [0.05, 0.1) is 22.0 Å². The van der Waals surface area contributed by atoms with Crippen LogP contribution in [0.2, 0.25) is 0 Å². The zero-order valence-corrected chi connectivity index (χ0v) is 19.2. The number of nitrogens with zero attached hydrogens (tertiary/aromatic N) is 4. The molecule has 0 aliphatic rings. The van der Waals surface area contributed by atoms with Gasteiger partial charge < -0.3 is 10.3 Å². The van der Waals surface area contributed by atoms with Crippen molar-refractivity contribution >= 4 is 39.0 Å². The molecule has 6 heterocycles. The zero-order chi connectivity index (χ0) is 23.2. The van der Waals surface area contributed by atoms with Crippen LogP contribution < -0.4 is 5.32 Å². The Hall–Kier alpha value is -4.11. The molecule has 168 valence electrons. The van der Waals surface area contributed by atoms with Gasteiger partial charge in [-0.15, -0.1) is 11.3 Å². The highest BCUT2D eigenvalue weighted by Gasteiger charge is 2.16. The Labute approximate surface area is 198 Å². The predicted octanol–water partition coefficient (Wildman–Crippen LogP) is 6.25. The summed E-state index contributed by atoms with van der Waals surface area (Å²) in [5.41, 5.74) is 6.81. The van der Waals surface area contributed by atoms with Crippen molar-refractivity contribution in [2.45, 2.75) is 19.9 Å². The lowest BCUT2D eigenvalue weighted by Crippen LogP contribution is -2.09. The first-order valence-corrected chi connectivity index (χ1v) is 11.7. The Bertz CT molecular complexity index is 1650. The predicted molar refractivity (Wildman–Crippen MR) is 134 cm³/mol. The summed E-state index contributed by atoms with van der Waals surface area (Å²) in [6.07, 6.45) is 7.19. The van der Waals surface area contributed by atoms with Gasteiger partial charge in [-0.1, -0.05) is 0 Å². The van der Waals surface area contributed by atoms with E-state index in [0.29, 0.717) is 11.7 Å². The van der Waals surface area contributed by atoms with E-state index in [2.05, 4.69) is 61.4 Å². The molecule has 6 aromatic heterocycles. The Morgan fingerprint density at radius 3 is 2.65 bits per heavy atom. The highest BCUT2D eigenvalue weighted by atomic mass is 32.1. The summed E-state index contributed by atoms with van der Waals surface area (Å²) in [7, 11) is 0. The fraction of sp³-hybridized carbons (Fsp3) is 0.120. The fourth-order valence-corrected chi connectivity index (χ4v) is 4.84. The van der Waals surface area contributed by atoms with E-state index in [9.17, 15) is 4.39 Å². The van der Waals surface area contributed by atoms with E-state index >= 15 is 0 Å². The Morgan fingerprint density at radius 1 is 0.941 bits per heavy atom. The molecule has 0 radical (unpaired) electrons. The lowest BCUT2D eigenvalue weighted by atomic mass is 10.1. The molecular formula is C25H20FN7S. The maximum atomic E-state index is 13.6. The summed E-state index contributed by atoms with van der Waals surface area (Å²) in [6.45, 7) is 4.18. The van der Waals surface area contributed by atoms with Crippen molar-refractivity contribution < 1.29 is 4.39 Å². The summed E-state index contributed by atoms with van der Waals surface area (Å²) in [5, 5.41) is 12.5. The van der Waals surface area contributed by atoms with Crippen LogP contribution >= 0.6 is 11.3 Å². The molecule has 3 N–H and O–H groups in total. The van der Waals surface area contributed by atoms with Crippen molar-refractivity contribution in [2.75, 3.05) is 5.32 Å². The van der Waals surface area contributed by atoms with Gasteiger partial charge in [-0.3, -0.25) is 15.1 Å². The number of aromatic amines is 2. The molecule has 0 saturated heterocycles. The van der Waals surface area contributed by atoms with Crippen LogP contribution in [0.4, 0.5) is 10.1 Å². The van der Waals surface area contributed by atoms with Crippen LogP contribution in [0.1, 0.15) is 13.8 Å². The van der Waals surface area contributed by atoms with Crippen LogP contribution in [0.25, 0.3) is 55.0 Å². The Morgan fingerprint density at radius 2 is 1.82 bits per heavy atom. The van der Waals surface area contributed by atoms with E-state index in [1.54, 1.807) is 12.3 Å². The van der Waals surface area contributed by atoms with E-state index in [1.165, 1.54) is 6.07 Å². The molecule has 6 aromatic rings. The number of anilines is 1. The minimum absolute atomic E-state index is 0.233. The number of hydrogen-bond donors (Lipinski definition) is 3. The van der Waals surface area contributed by atoms with Crippen LogP contribution in [0.5, 0.6) is 0 Å². The highest BCUT2D eigenvalue weighted by Crippen LogP contribution is 2.35. The van der Waals surface area contributed by atoms with Crippen molar-refractivity contribution in [2.24, 2.45) is 0 Å². The summed E-state index contributed by atoms with van der Waals surface area (Å²) in [4.78, 5) is 17.7. The van der Waals surface area contributed by atoms with Crippen LogP contribution in [0, 0.1) is 5.13 Å². The maximum Gasteiger partial charge on any atom is 0.177 e. The van der Waals surface area contributed by atoms with Crippen LogP contribution in [-0.2, 0) is 0 Å². The SMILES string of the molecule is CC(C)Nc1cncc(-c2cnc3[nH]nc(-c4cc5c(-c6ccc(F)s6)nccc5[nH]4)c3c2)c1. The smallest absolute Gasteiger partial charge is 0.177 e. The molecule has 0 aliphatic heterocycles. The summed E-state index contributed by atoms with van der Waals surface area (Å²) < 4.78 is 13.6. The van der Waals surface area contributed by atoms with Crippen molar-refractivity contribution in [1.82, 2.24) is 30.1 Å². The number of pyridine rings is 3. The topological polar surface area (TPSA) is 95.2 Å². The summed E-state index contributed by atoms with van der Waals surface area (Å²) in [5.74, 6) is 0. The number of fused-ring (bicyclic) bond motifs is 2. The second kappa shape index (κ2) is 8.03. The van der Waals surface area contributed by atoms with Gasteiger partial charge in [0.25, 0.3) is 0 Å². The average molecular weight is 470 g/mol. The molecule has 0 aliphatic carbocycles. The largest absolute Gasteiger partial charge is 0.382 e. The second-order valence-corrected chi connectivity index (χ2v) is 9.40. The van der Waals surface area contributed by atoms with Crippen molar-refractivity contribution in [3.8, 4) is 33.1 Å².